The van der Waals surface area contributed by atoms with Crippen LogP contribution in [0.3, 0.4) is 0 Å². The predicted molar refractivity (Wildman–Crippen MR) is 139 cm³/mol. The van der Waals surface area contributed by atoms with Gasteiger partial charge in [0.1, 0.15) is 7.85 Å². The third-order valence-corrected chi connectivity index (χ3v) is 7.79. The molecule has 0 radical (unpaired) electrons. The van der Waals surface area contributed by atoms with Crippen molar-refractivity contribution in [3.05, 3.63) is 101 Å². The number of benzene rings is 4. The second-order valence-corrected chi connectivity index (χ2v) is 10.4. The zero-order chi connectivity index (χ0) is 22.3. The molecule has 2 aliphatic carbocycles. The van der Waals surface area contributed by atoms with Gasteiger partial charge in [-0.05, 0) is 62.7 Å². The summed E-state index contributed by atoms with van der Waals surface area (Å²) in [6, 6.07) is 29.2. The fourth-order valence-electron chi connectivity index (χ4n) is 5.93. The molecular weight excluding hydrogens is 385 g/mol. The van der Waals surface area contributed by atoms with Crippen LogP contribution >= 0.6 is 0 Å². The van der Waals surface area contributed by atoms with Crippen molar-refractivity contribution in [3.8, 4) is 22.3 Å². The minimum Gasteiger partial charge on any atom is -0.356 e. The highest BCUT2D eigenvalue weighted by Gasteiger charge is 2.36. The van der Waals surface area contributed by atoms with Crippen molar-refractivity contribution in [2.45, 2.75) is 38.5 Å². The summed E-state index contributed by atoms with van der Waals surface area (Å²) < 4.78 is 0. The third-order valence-electron chi connectivity index (χ3n) is 7.79. The monoisotopic (exact) mass is 413 g/mol. The van der Waals surface area contributed by atoms with E-state index in [1.165, 1.54) is 55.7 Å². The van der Waals surface area contributed by atoms with Crippen LogP contribution in [0.4, 0.5) is 11.4 Å². The van der Waals surface area contributed by atoms with Crippen LogP contribution in [0.1, 0.15) is 49.9 Å². The zero-order valence-corrected chi connectivity index (χ0v) is 19.5. The molecule has 0 aromatic heterocycles. The van der Waals surface area contributed by atoms with Crippen molar-refractivity contribution < 1.29 is 0 Å². The van der Waals surface area contributed by atoms with E-state index in [2.05, 4.69) is 120 Å². The first-order chi connectivity index (χ1) is 15.3. The maximum atomic E-state index is 3.76. The molecule has 0 aliphatic heterocycles. The summed E-state index contributed by atoms with van der Waals surface area (Å²) in [5, 5.41) is 3.76. The molecule has 4 aromatic carbocycles. The molecule has 0 atom stereocenters. The van der Waals surface area contributed by atoms with E-state index in [0.717, 1.165) is 5.69 Å². The summed E-state index contributed by atoms with van der Waals surface area (Å²) in [6.07, 6.45) is 0. The van der Waals surface area contributed by atoms with Gasteiger partial charge in [0, 0.05) is 22.2 Å². The fraction of sp³-hybridized carbons (Fsp3) is 0.200. The zero-order valence-electron chi connectivity index (χ0n) is 19.5. The van der Waals surface area contributed by atoms with Crippen molar-refractivity contribution in [2.24, 2.45) is 0 Å². The minimum absolute atomic E-state index is 0.0115. The highest BCUT2D eigenvalue weighted by atomic mass is 14.9. The van der Waals surface area contributed by atoms with Gasteiger partial charge >= 0.3 is 0 Å². The smallest absolute Gasteiger partial charge is 0.142 e. The van der Waals surface area contributed by atoms with Crippen LogP contribution in [0.15, 0.2) is 78.9 Å². The van der Waals surface area contributed by atoms with E-state index in [1.54, 1.807) is 0 Å². The Kier molecular flexibility index (Phi) is 3.88. The summed E-state index contributed by atoms with van der Waals surface area (Å²) in [5.41, 5.74) is 14.8. The van der Waals surface area contributed by atoms with E-state index >= 15 is 0 Å². The van der Waals surface area contributed by atoms with Crippen molar-refractivity contribution in [2.75, 3.05) is 5.32 Å². The van der Waals surface area contributed by atoms with Gasteiger partial charge in [-0.15, -0.1) is 0 Å². The number of hydrogen-bond donors (Lipinski definition) is 1. The highest BCUT2D eigenvalue weighted by molar-refractivity contribution is 6.36. The molecule has 0 spiro atoms. The largest absolute Gasteiger partial charge is 0.356 e. The van der Waals surface area contributed by atoms with E-state index in [4.69, 9.17) is 0 Å². The second-order valence-electron chi connectivity index (χ2n) is 10.4. The van der Waals surface area contributed by atoms with Crippen LogP contribution in [0.25, 0.3) is 22.3 Å². The Bertz CT molecular complexity index is 1410. The second kappa shape index (κ2) is 6.39. The van der Waals surface area contributed by atoms with Gasteiger partial charge in [-0.25, -0.2) is 0 Å². The molecule has 1 nitrogen and oxygen atoms in total. The highest BCUT2D eigenvalue weighted by Crippen LogP contribution is 2.50. The van der Waals surface area contributed by atoms with E-state index in [9.17, 15) is 0 Å². The number of fused-ring (bicyclic) bond motifs is 6. The molecular formula is C30H28BN. The van der Waals surface area contributed by atoms with Crippen molar-refractivity contribution >= 4 is 24.7 Å². The van der Waals surface area contributed by atoms with Crippen molar-refractivity contribution in [1.82, 2.24) is 0 Å². The Balaban J connectivity index is 1.42. The molecule has 0 heterocycles. The van der Waals surface area contributed by atoms with Gasteiger partial charge in [-0.2, -0.15) is 0 Å². The van der Waals surface area contributed by atoms with Gasteiger partial charge < -0.3 is 5.32 Å². The van der Waals surface area contributed by atoms with E-state index in [0.29, 0.717) is 0 Å². The van der Waals surface area contributed by atoms with Crippen LogP contribution < -0.4 is 10.8 Å². The number of hydrogen-bond acceptors (Lipinski definition) is 1. The van der Waals surface area contributed by atoms with E-state index in [1.807, 2.05) is 0 Å². The lowest BCUT2D eigenvalue weighted by Gasteiger charge is -2.24. The standard InChI is InChI=1S/C30H28BN/c1-29(2)23-11-7-5-9-19(23)21-14-13-18(15-25(21)29)32-28-17-26-22(16-27(28)31)20-10-6-8-12-24(20)30(26,3)4/h5-17,32H,31H2,1-4H3. The summed E-state index contributed by atoms with van der Waals surface area (Å²) >= 11 is 0. The lowest BCUT2D eigenvalue weighted by Crippen LogP contribution is -2.18. The maximum absolute atomic E-state index is 3.76. The van der Waals surface area contributed by atoms with E-state index < -0.39 is 0 Å². The topological polar surface area (TPSA) is 12.0 Å². The van der Waals surface area contributed by atoms with E-state index in [-0.39, 0.29) is 10.8 Å². The van der Waals surface area contributed by atoms with Gasteiger partial charge in [-0.3, -0.25) is 0 Å². The molecule has 0 fully saturated rings. The average Bonchev–Trinajstić information content (AvgIpc) is 3.14. The molecule has 0 saturated heterocycles. The summed E-state index contributed by atoms with van der Waals surface area (Å²) in [6.45, 7) is 9.35. The Morgan fingerprint density at radius 2 is 1.09 bits per heavy atom. The molecule has 0 unspecified atom stereocenters. The molecule has 4 aromatic rings. The summed E-state index contributed by atoms with van der Waals surface area (Å²) in [7, 11) is 2.21. The number of nitrogens with one attached hydrogen (secondary N) is 1. The van der Waals surface area contributed by atoms with Crippen LogP contribution in [0.5, 0.6) is 0 Å². The molecule has 0 saturated carbocycles. The molecule has 2 heteroatoms. The van der Waals surface area contributed by atoms with Crippen molar-refractivity contribution in [1.29, 1.82) is 0 Å². The molecule has 2 aliphatic rings. The van der Waals surface area contributed by atoms with Gasteiger partial charge in [0.15, 0.2) is 0 Å². The van der Waals surface area contributed by atoms with Crippen LogP contribution in [-0.2, 0) is 10.8 Å². The lowest BCUT2D eigenvalue weighted by atomic mass is 9.80. The quantitative estimate of drug-likeness (QED) is 0.380. The van der Waals surface area contributed by atoms with Gasteiger partial charge in [0.25, 0.3) is 0 Å². The first-order valence-electron chi connectivity index (χ1n) is 11.5. The molecule has 6 rings (SSSR count). The Morgan fingerprint density at radius 1 is 0.562 bits per heavy atom. The number of anilines is 2. The summed E-state index contributed by atoms with van der Waals surface area (Å²) in [4.78, 5) is 0. The lowest BCUT2D eigenvalue weighted by molar-refractivity contribution is 0.660. The Hall–Kier alpha value is -3.26. The van der Waals surface area contributed by atoms with Gasteiger partial charge in [-0.1, -0.05) is 93.8 Å². The average molecular weight is 413 g/mol. The van der Waals surface area contributed by atoms with Gasteiger partial charge in [0.2, 0.25) is 0 Å². The van der Waals surface area contributed by atoms with Gasteiger partial charge in [0.05, 0.1) is 0 Å². The summed E-state index contributed by atoms with van der Waals surface area (Å²) in [5.74, 6) is 0. The molecule has 0 bridgehead atoms. The maximum Gasteiger partial charge on any atom is 0.142 e. The first-order valence-corrected chi connectivity index (χ1v) is 11.5. The number of rotatable bonds is 2. The molecule has 1 N–H and O–H groups in total. The van der Waals surface area contributed by atoms with Crippen LogP contribution in [-0.4, -0.2) is 7.85 Å². The molecule has 0 amide bonds. The normalized spacial score (nSPS) is 16.1. The van der Waals surface area contributed by atoms with Crippen LogP contribution in [0, 0.1) is 0 Å². The Morgan fingerprint density at radius 3 is 1.75 bits per heavy atom. The minimum atomic E-state index is 0.0115. The van der Waals surface area contributed by atoms with Crippen LogP contribution in [0.2, 0.25) is 0 Å². The fourth-order valence-corrected chi connectivity index (χ4v) is 5.93. The Labute approximate surface area is 191 Å². The first kappa shape index (κ1) is 19.4. The third kappa shape index (κ3) is 2.53. The van der Waals surface area contributed by atoms with Crippen molar-refractivity contribution in [3.63, 3.8) is 0 Å². The SMILES string of the molecule is Bc1cc2c(cc1Nc1ccc3c(c1)C(C)(C)c1ccccc1-3)C(C)(C)c1ccccc1-2. The molecule has 32 heavy (non-hydrogen) atoms. The molecule has 156 valence electrons. The predicted octanol–water partition coefficient (Wildman–Crippen LogP) is 6.30.